The minimum atomic E-state index is -1.02. The summed E-state index contributed by atoms with van der Waals surface area (Å²) >= 11 is 0. The number of hydrogen-bond acceptors (Lipinski definition) is 6. The summed E-state index contributed by atoms with van der Waals surface area (Å²) in [5, 5.41) is 15.2. The Labute approximate surface area is 219 Å². The number of nitrogens with one attached hydrogen (secondary N) is 2. The second-order valence-electron chi connectivity index (χ2n) is 10.8. The second-order valence-corrected chi connectivity index (χ2v) is 10.8. The van der Waals surface area contributed by atoms with Gasteiger partial charge < -0.3 is 30.1 Å². The molecule has 3 fully saturated rings. The first-order valence-corrected chi connectivity index (χ1v) is 13.7. The van der Waals surface area contributed by atoms with Gasteiger partial charge in [-0.05, 0) is 83.6 Å². The van der Waals surface area contributed by atoms with E-state index in [2.05, 4.69) is 10.6 Å². The molecule has 3 heterocycles. The Hall–Kier alpha value is -2.65. The SMILES string of the molecule is CCOc1ccc(NC(=O)[C@H]2[C@H]3C(=O)N(CCCCCO)C(C(=O)NC(C)C)C34CC[C@]2(CC)O4)cc1. The van der Waals surface area contributed by atoms with Crippen LogP contribution in [0.3, 0.4) is 0 Å². The van der Waals surface area contributed by atoms with Gasteiger partial charge in [-0.2, -0.15) is 0 Å². The maximum Gasteiger partial charge on any atom is 0.246 e. The molecular formula is C28H41N3O6. The highest BCUT2D eigenvalue weighted by atomic mass is 16.5. The maximum atomic E-state index is 14.0. The molecule has 1 aromatic carbocycles. The fourth-order valence-corrected chi connectivity index (χ4v) is 6.61. The van der Waals surface area contributed by atoms with Crippen LogP contribution in [0.5, 0.6) is 5.75 Å². The van der Waals surface area contributed by atoms with Gasteiger partial charge in [0.15, 0.2) is 0 Å². The summed E-state index contributed by atoms with van der Waals surface area (Å²) in [6, 6.07) is 6.30. The summed E-state index contributed by atoms with van der Waals surface area (Å²) in [6.07, 6.45) is 3.82. The normalized spacial score (nSPS) is 30.1. The Morgan fingerprint density at radius 3 is 2.49 bits per heavy atom. The van der Waals surface area contributed by atoms with E-state index in [0.29, 0.717) is 50.9 Å². The number of unbranched alkanes of at least 4 members (excludes halogenated alkanes) is 2. The number of aliphatic hydroxyl groups is 1. The monoisotopic (exact) mass is 515 g/mol. The number of benzene rings is 1. The molecule has 3 N–H and O–H groups in total. The minimum Gasteiger partial charge on any atom is -0.494 e. The maximum absolute atomic E-state index is 14.0. The van der Waals surface area contributed by atoms with Crippen LogP contribution in [0.25, 0.3) is 0 Å². The van der Waals surface area contributed by atoms with Crippen molar-refractivity contribution in [2.75, 3.05) is 25.1 Å². The summed E-state index contributed by atoms with van der Waals surface area (Å²) in [4.78, 5) is 43.0. The number of rotatable bonds is 12. The van der Waals surface area contributed by atoms with E-state index < -0.39 is 29.1 Å². The predicted molar refractivity (Wildman–Crippen MR) is 139 cm³/mol. The molecule has 9 nitrogen and oxygen atoms in total. The van der Waals surface area contributed by atoms with Gasteiger partial charge in [0.2, 0.25) is 17.7 Å². The van der Waals surface area contributed by atoms with Crippen molar-refractivity contribution < 1.29 is 29.0 Å². The smallest absolute Gasteiger partial charge is 0.246 e. The lowest BCUT2D eigenvalue weighted by Crippen LogP contribution is -2.56. The Bertz CT molecular complexity index is 998. The highest BCUT2D eigenvalue weighted by molar-refractivity contribution is 6.02. The van der Waals surface area contributed by atoms with Gasteiger partial charge >= 0.3 is 0 Å². The largest absolute Gasteiger partial charge is 0.494 e. The number of likely N-dealkylation sites (tertiary alicyclic amines) is 1. The van der Waals surface area contributed by atoms with Gasteiger partial charge in [0.1, 0.15) is 17.4 Å². The van der Waals surface area contributed by atoms with E-state index in [-0.39, 0.29) is 30.4 Å². The molecule has 3 aliphatic rings. The fourth-order valence-electron chi connectivity index (χ4n) is 6.61. The molecule has 37 heavy (non-hydrogen) atoms. The van der Waals surface area contributed by atoms with Crippen LogP contribution in [-0.4, -0.2) is 70.8 Å². The van der Waals surface area contributed by atoms with Crippen molar-refractivity contribution in [3.8, 4) is 5.75 Å². The number of carbonyl (C=O) groups excluding carboxylic acids is 3. The van der Waals surface area contributed by atoms with E-state index in [1.807, 2.05) is 27.7 Å². The van der Waals surface area contributed by atoms with Crippen molar-refractivity contribution >= 4 is 23.4 Å². The van der Waals surface area contributed by atoms with Crippen LogP contribution in [0.1, 0.15) is 66.2 Å². The molecule has 204 valence electrons. The highest BCUT2D eigenvalue weighted by Crippen LogP contribution is 2.64. The van der Waals surface area contributed by atoms with Crippen molar-refractivity contribution in [3.63, 3.8) is 0 Å². The zero-order valence-corrected chi connectivity index (χ0v) is 22.4. The van der Waals surface area contributed by atoms with E-state index in [1.54, 1.807) is 29.2 Å². The molecule has 0 aliphatic carbocycles. The van der Waals surface area contributed by atoms with Crippen molar-refractivity contribution in [1.82, 2.24) is 10.2 Å². The van der Waals surface area contributed by atoms with Gasteiger partial charge in [-0.3, -0.25) is 14.4 Å². The van der Waals surface area contributed by atoms with Crippen molar-refractivity contribution in [3.05, 3.63) is 24.3 Å². The fraction of sp³-hybridized carbons (Fsp3) is 0.679. The predicted octanol–water partition coefficient (Wildman–Crippen LogP) is 2.87. The molecule has 4 rings (SSSR count). The molecule has 1 spiro atoms. The standard InChI is InChI=1S/C28H41N3O6/c1-5-27-14-15-28(37-27)22(21(27)24(33)30-19-10-12-20(13-11-19)36-6-2)26(35)31(16-8-7-9-17-32)23(28)25(34)29-18(3)4/h10-13,18,21-23,32H,5-9,14-17H2,1-4H3,(H,29,34)(H,30,33)/t21-,22+,23?,27+,28?/m1/s1. The van der Waals surface area contributed by atoms with E-state index in [4.69, 9.17) is 14.6 Å². The van der Waals surface area contributed by atoms with Crippen LogP contribution in [0.15, 0.2) is 24.3 Å². The summed E-state index contributed by atoms with van der Waals surface area (Å²) in [5.41, 5.74) is -1.18. The quantitative estimate of drug-likeness (QED) is 0.369. The molecule has 3 aliphatic heterocycles. The number of nitrogens with zero attached hydrogens (tertiary/aromatic N) is 1. The average molecular weight is 516 g/mol. The topological polar surface area (TPSA) is 117 Å². The Balaban J connectivity index is 1.64. The van der Waals surface area contributed by atoms with Crippen LogP contribution in [-0.2, 0) is 19.1 Å². The van der Waals surface area contributed by atoms with Crippen molar-refractivity contribution in [2.24, 2.45) is 11.8 Å². The molecule has 9 heteroatoms. The van der Waals surface area contributed by atoms with Crippen LogP contribution in [0, 0.1) is 11.8 Å². The Morgan fingerprint density at radius 1 is 1.14 bits per heavy atom. The number of ether oxygens (including phenoxy) is 2. The summed E-state index contributed by atoms with van der Waals surface area (Å²) in [5.74, 6) is -1.36. The molecule has 1 aromatic rings. The van der Waals surface area contributed by atoms with Crippen LogP contribution < -0.4 is 15.4 Å². The number of amides is 3. The lowest BCUT2D eigenvalue weighted by Gasteiger charge is -2.34. The third-order valence-electron chi connectivity index (χ3n) is 8.13. The molecule has 3 saturated heterocycles. The molecule has 5 atom stereocenters. The number of carbonyl (C=O) groups is 3. The van der Waals surface area contributed by atoms with Crippen LogP contribution in [0.4, 0.5) is 5.69 Å². The lowest BCUT2D eigenvalue weighted by molar-refractivity contribution is -0.146. The van der Waals surface area contributed by atoms with Gasteiger partial charge in [-0.15, -0.1) is 0 Å². The number of anilines is 1. The molecule has 2 unspecified atom stereocenters. The molecular weight excluding hydrogens is 474 g/mol. The van der Waals surface area contributed by atoms with Crippen molar-refractivity contribution in [2.45, 2.75) is 89.5 Å². The number of fused-ring (bicyclic) bond motifs is 1. The van der Waals surface area contributed by atoms with E-state index in [0.717, 1.165) is 12.2 Å². The van der Waals surface area contributed by atoms with E-state index in [1.165, 1.54) is 0 Å². The summed E-state index contributed by atoms with van der Waals surface area (Å²) in [6.45, 7) is 8.71. The van der Waals surface area contributed by atoms with Gasteiger partial charge in [0, 0.05) is 24.9 Å². The van der Waals surface area contributed by atoms with Crippen molar-refractivity contribution in [1.29, 1.82) is 0 Å². The number of aliphatic hydroxyl groups excluding tert-OH is 1. The zero-order valence-electron chi connectivity index (χ0n) is 22.4. The Morgan fingerprint density at radius 2 is 1.86 bits per heavy atom. The zero-order chi connectivity index (χ0) is 26.8. The molecule has 0 saturated carbocycles. The first-order valence-electron chi connectivity index (χ1n) is 13.7. The summed E-state index contributed by atoms with van der Waals surface area (Å²) < 4.78 is 12.2. The van der Waals surface area contributed by atoms with Gasteiger partial charge in [0.25, 0.3) is 0 Å². The minimum absolute atomic E-state index is 0.0909. The van der Waals surface area contributed by atoms with Crippen LogP contribution in [0.2, 0.25) is 0 Å². The second kappa shape index (κ2) is 11.0. The first kappa shape index (κ1) is 27.4. The third-order valence-corrected chi connectivity index (χ3v) is 8.13. The molecule has 3 amide bonds. The lowest BCUT2D eigenvalue weighted by atomic mass is 9.65. The van der Waals surface area contributed by atoms with E-state index >= 15 is 0 Å². The molecule has 0 radical (unpaired) electrons. The summed E-state index contributed by atoms with van der Waals surface area (Å²) in [7, 11) is 0. The van der Waals surface area contributed by atoms with Gasteiger partial charge in [0.05, 0.1) is 24.0 Å². The molecule has 0 aromatic heterocycles. The highest BCUT2D eigenvalue weighted by Gasteiger charge is 2.78. The number of hydrogen-bond donors (Lipinski definition) is 3. The van der Waals surface area contributed by atoms with E-state index in [9.17, 15) is 14.4 Å². The Kier molecular flexibility index (Phi) is 8.14. The average Bonchev–Trinajstić information content (AvgIpc) is 3.46. The van der Waals surface area contributed by atoms with Gasteiger partial charge in [-0.1, -0.05) is 6.92 Å². The first-order chi connectivity index (χ1) is 17.7. The third kappa shape index (κ3) is 4.83. The van der Waals surface area contributed by atoms with Gasteiger partial charge in [-0.25, -0.2) is 0 Å². The van der Waals surface area contributed by atoms with Crippen LogP contribution >= 0.6 is 0 Å². The molecule has 2 bridgehead atoms.